The van der Waals surface area contributed by atoms with Crippen LogP contribution in [0.15, 0.2) is 4.99 Å². The molecule has 66 valence electrons. The molecule has 1 aliphatic rings. The molecule has 11 heavy (non-hydrogen) atoms. The Hall–Kier alpha value is -0.460. The highest BCUT2D eigenvalue weighted by atomic mass is 32.3. The summed E-state index contributed by atoms with van der Waals surface area (Å²) < 4.78 is 20.4. The van der Waals surface area contributed by atoms with Gasteiger partial charge in [-0.25, -0.2) is 4.99 Å². The molecule has 0 amide bonds. The summed E-state index contributed by atoms with van der Waals surface area (Å²) in [5.41, 5.74) is 0. The number of rotatable bonds is 1. The van der Waals surface area contributed by atoms with Crippen LogP contribution in [0, 0.1) is 0 Å². The molecule has 0 aromatic heterocycles. The van der Waals surface area contributed by atoms with Crippen LogP contribution in [0.3, 0.4) is 0 Å². The Morgan fingerprint density at radius 2 is 2.36 bits per heavy atom. The predicted molar refractivity (Wildman–Crippen MR) is 46.8 cm³/mol. The minimum Gasteiger partial charge on any atom is -0.351 e. The van der Waals surface area contributed by atoms with Gasteiger partial charge in [0.2, 0.25) is 5.96 Å². The zero-order chi connectivity index (χ0) is 8.48. The van der Waals surface area contributed by atoms with Gasteiger partial charge >= 0.3 is 0 Å². The number of guanidine groups is 1. The zero-order valence-corrected chi connectivity index (χ0v) is 7.35. The van der Waals surface area contributed by atoms with Gasteiger partial charge in [0.25, 0.3) is 0 Å². The summed E-state index contributed by atoms with van der Waals surface area (Å²) in [6, 6.07) is 0.277. The third-order valence-corrected chi connectivity index (χ3v) is 1.78. The third-order valence-electron chi connectivity index (χ3n) is 1.20. The number of hydrogen-bond donors (Lipinski definition) is 4. The van der Waals surface area contributed by atoms with Gasteiger partial charge < -0.3 is 5.32 Å². The molecule has 1 aliphatic heterocycles. The van der Waals surface area contributed by atoms with Gasteiger partial charge in [-0.15, -0.1) is 10.8 Å². The lowest BCUT2D eigenvalue weighted by Gasteiger charge is -2.28. The van der Waals surface area contributed by atoms with Crippen molar-refractivity contribution >= 4 is 16.7 Å². The molecule has 1 heterocycles. The highest BCUT2D eigenvalue weighted by Gasteiger charge is 2.15. The monoisotopic (exact) mass is 179 g/mol. The van der Waals surface area contributed by atoms with Crippen molar-refractivity contribution < 1.29 is 9.11 Å². The zero-order valence-electron chi connectivity index (χ0n) is 6.53. The minimum atomic E-state index is -2.67. The van der Waals surface area contributed by atoms with Crippen LogP contribution in [-0.2, 0) is 0 Å². The van der Waals surface area contributed by atoms with Gasteiger partial charge in [0.1, 0.15) is 0 Å². The topological polar surface area (TPSA) is 76.9 Å². The Morgan fingerprint density at radius 1 is 1.73 bits per heavy atom. The molecular weight excluding hydrogens is 166 g/mol. The number of hydrogen-bond acceptors (Lipinski definition) is 5. The largest absolute Gasteiger partial charge is 0.351 e. The first-order valence-electron chi connectivity index (χ1n) is 3.29. The second-order valence-electron chi connectivity index (χ2n) is 2.67. The van der Waals surface area contributed by atoms with Crippen molar-refractivity contribution in [2.24, 2.45) is 4.99 Å². The quantitative estimate of drug-likeness (QED) is 0.464. The van der Waals surface area contributed by atoms with Gasteiger partial charge in [-0.05, 0) is 6.92 Å². The van der Waals surface area contributed by atoms with Crippen molar-refractivity contribution in [3.63, 3.8) is 0 Å². The minimum absolute atomic E-state index is 0.277. The molecule has 0 saturated heterocycles. The maximum absolute atomic E-state index is 8.97. The van der Waals surface area contributed by atoms with Gasteiger partial charge in [0.05, 0.1) is 6.54 Å². The van der Waals surface area contributed by atoms with Gasteiger partial charge in [0, 0.05) is 12.3 Å². The molecule has 0 saturated carbocycles. The molecule has 0 spiro atoms. The van der Waals surface area contributed by atoms with Crippen LogP contribution < -0.4 is 10.0 Å². The molecule has 1 rings (SSSR count). The van der Waals surface area contributed by atoms with E-state index in [-0.39, 0.29) is 6.04 Å². The molecule has 0 aliphatic carbocycles. The Morgan fingerprint density at radius 3 is 2.73 bits per heavy atom. The first-order chi connectivity index (χ1) is 4.97. The average molecular weight is 179 g/mol. The summed E-state index contributed by atoms with van der Waals surface area (Å²) in [4.78, 5) is 4.00. The number of aliphatic imine (C=N–C) groups is 1. The van der Waals surface area contributed by atoms with E-state index in [9.17, 15) is 0 Å². The molecular formula is C5H13N3O2S. The van der Waals surface area contributed by atoms with Crippen molar-refractivity contribution in [1.29, 1.82) is 0 Å². The lowest BCUT2D eigenvalue weighted by Crippen LogP contribution is -2.38. The molecule has 0 aromatic carbocycles. The summed E-state index contributed by atoms with van der Waals surface area (Å²) >= 11 is 0. The van der Waals surface area contributed by atoms with Crippen LogP contribution in [0.1, 0.15) is 6.92 Å². The van der Waals surface area contributed by atoms with Crippen molar-refractivity contribution in [3.8, 4) is 0 Å². The molecule has 1 atom stereocenters. The van der Waals surface area contributed by atoms with Crippen molar-refractivity contribution in [3.05, 3.63) is 0 Å². The smallest absolute Gasteiger partial charge is 0.210 e. The molecule has 0 fully saturated rings. The van der Waals surface area contributed by atoms with E-state index < -0.39 is 10.8 Å². The van der Waals surface area contributed by atoms with E-state index >= 15 is 0 Å². The summed E-state index contributed by atoms with van der Waals surface area (Å²) in [6.45, 7) is 2.65. The normalized spacial score (nSPS) is 25.8. The van der Waals surface area contributed by atoms with E-state index in [1.165, 1.54) is 6.26 Å². The molecule has 0 bridgehead atoms. The summed E-state index contributed by atoms with van der Waals surface area (Å²) in [6.07, 6.45) is 1.32. The van der Waals surface area contributed by atoms with Crippen molar-refractivity contribution in [2.45, 2.75) is 13.0 Å². The molecule has 1 unspecified atom stereocenters. The average Bonchev–Trinajstić information content (AvgIpc) is 2.10. The van der Waals surface area contributed by atoms with Crippen LogP contribution in [0.2, 0.25) is 0 Å². The van der Waals surface area contributed by atoms with Crippen LogP contribution in [0.25, 0.3) is 0 Å². The SMILES string of the molecule is CC1CN=C(NS(C)(O)O)N1. The van der Waals surface area contributed by atoms with E-state index in [0.29, 0.717) is 12.5 Å². The van der Waals surface area contributed by atoms with E-state index in [1.807, 2.05) is 6.92 Å². The maximum atomic E-state index is 8.97. The van der Waals surface area contributed by atoms with E-state index in [2.05, 4.69) is 15.0 Å². The van der Waals surface area contributed by atoms with E-state index in [4.69, 9.17) is 9.11 Å². The Bertz CT molecular complexity index is 177. The first-order valence-corrected chi connectivity index (χ1v) is 5.25. The highest BCUT2D eigenvalue weighted by molar-refractivity contribution is 8.22. The van der Waals surface area contributed by atoms with E-state index in [1.54, 1.807) is 0 Å². The molecule has 5 nitrogen and oxygen atoms in total. The van der Waals surface area contributed by atoms with Crippen LogP contribution in [0.4, 0.5) is 0 Å². The van der Waals surface area contributed by atoms with Crippen molar-refractivity contribution in [1.82, 2.24) is 10.0 Å². The highest BCUT2D eigenvalue weighted by Crippen LogP contribution is 2.26. The molecule has 0 radical (unpaired) electrons. The molecule has 4 N–H and O–H groups in total. The van der Waals surface area contributed by atoms with Gasteiger partial charge in [0.15, 0.2) is 0 Å². The molecule has 0 aromatic rings. The molecule has 6 heteroatoms. The van der Waals surface area contributed by atoms with Crippen LogP contribution in [-0.4, -0.2) is 33.9 Å². The summed E-state index contributed by atoms with van der Waals surface area (Å²) in [5.74, 6) is 0.472. The van der Waals surface area contributed by atoms with Crippen molar-refractivity contribution in [2.75, 3.05) is 12.8 Å². The fourth-order valence-electron chi connectivity index (χ4n) is 0.798. The fourth-order valence-corrected chi connectivity index (χ4v) is 1.29. The van der Waals surface area contributed by atoms with Gasteiger partial charge in [-0.1, -0.05) is 0 Å². The summed E-state index contributed by atoms with van der Waals surface area (Å²) in [5, 5.41) is 2.95. The lowest BCUT2D eigenvalue weighted by molar-refractivity contribution is 0.489. The Kier molecular flexibility index (Phi) is 2.26. The maximum Gasteiger partial charge on any atom is 0.210 e. The van der Waals surface area contributed by atoms with Crippen LogP contribution >= 0.6 is 10.8 Å². The van der Waals surface area contributed by atoms with E-state index in [0.717, 1.165) is 0 Å². The third kappa shape index (κ3) is 2.96. The standard InChI is InChI=1S/C5H13N3O2S/c1-4-3-6-5(7-4)8-11(2,9)10/h4,9-10H,3H2,1-2H3,(H2,6,7,8). The van der Waals surface area contributed by atoms with Crippen LogP contribution in [0.5, 0.6) is 0 Å². The number of nitrogens with one attached hydrogen (secondary N) is 2. The predicted octanol–water partition coefficient (Wildman–Crippen LogP) is 0.219. The second-order valence-corrected chi connectivity index (χ2v) is 4.54. The fraction of sp³-hybridized carbons (Fsp3) is 0.800. The van der Waals surface area contributed by atoms with Gasteiger partial charge in [-0.3, -0.25) is 13.8 Å². The second kappa shape index (κ2) is 2.88. The summed E-state index contributed by atoms with van der Waals surface area (Å²) in [7, 11) is -2.67. The number of nitrogens with zero attached hydrogens (tertiary/aromatic N) is 1. The Labute approximate surface area is 67.4 Å². The van der Waals surface area contributed by atoms with Gasteiger partial charge in [-0.2, -0.15) is 0 Å². The first kappa shape index (κ1) is 8.63. The Balaban J connectivity index is 2.40. The lowest BCUT2D eigenvalue weighted by atomic mass is 10.4.